The van der Waals surface area contributed by atoms with Gasteiger partial charge in [0, 0.05) is 37.7 Å². The molecule has 0 saturated heterocycles. The summed E-state index contributed by atoms with van der Waals surface area (Å²) in [5.74, 6) is 0. The maximum atomic E-state index is 3.65. The van der Waals surface area contributed by atoms with Gasteiger partial charge in [-0.05, 0) is 137 Å². The van der Waals surface area contributed by atoms with Gasteiger partial charge in [-0.25, -0.2) is 0 Å². The van der Waals surface area contributed by atoms with Gasteiger partial charge in [0.1, 0.15) is 0 Å². The molecule has 0 N–H and O–H groups in total. The molecule has 10 rings (SSSR count). The number of allylic oxidation sites excluding steroid dienone is 1. The molecule has 0 saturated carbocycles. The predicted octanol–water partition coefficient (Wildman–Crippen LogP) is 13.5. The van der Waals surface area contributed by atoms with Gasteiger partial charge >= 0.3 is 0 Å². The molecule has 9 aromatic rings. The minimum Gasteiger partial charge on any atom is -0.310 e. The van der Waals surface area contributed by atoms with Gasteiger partial charge in [-0.1, -0.05) is 107 Å². The predicted molar refractivity (Wildman–Crippen MR) is 219 cm³/mol. The summed E-state index contributed by atoms with van der Waals surface area (Å²) >= 11 is 3.65. The van der Waals surface area contributed by atoms with Crippen molar-refractivity contribution in [3.05, 3.63) is 186 Å². The van der Waals surface area contributed by atoms with Crippen LogP contribution in [0.3, 0.4) is 0 Å². The maximum absolute atomic E-state index is 3.65. The van der Waals surface area contributed by atoms with Gasteiger partial charge in [0.2, 0.25) is 0 Å². The van der Waals surface area contributed by atoms with Crippen LogP contribution in [0.4, 0.5) is 0 Å². The fourth-order valence-electron chi connectivity index (χ4n) is 8.05. The number of rotatable bonds is 5. The number of hydrogen-bond donors (Lipinski definition) is 0. The van der Waals surface area contributed by atoms with Crippen molar-refractivity contribution < 1.29 is 0 Å². The summed E-state index contributed by atoms with van der Waals surface area (Å²) in [6.07, 6.45) is 6.76. The van der Waals surface area contributed by atoms with Crippen molar-refractivity contribution in [1.29, 1.82) is 0 Å². The SMILES string of the molecule is Brc1ccc(-c2cc(-c3ccc4c(c3)c3ccccc3n4-c3ccccc3)cc(-c3ccc4c5c(n(-c6ccccc6)c4c3)C=CCC5)c2)cc1. The molecule has 1 aliphatic rings. The molecule has 0 fully saturated rings. The van der Waals surface area contributed by atoms with Crippen LogP contribution in [0, 0.1) is 0 Å². The van der Waals surface area contributed by atoms with E-state index in [-0.39, 0.29) is 0 Å². The summed E-state index contributed by atoms with van der Waals surface area (Å²) < 4.78 is 5.90. The monoisotopic (exact) mass is 716 g/mol. The molecule has 0 amide bonds. The van der Waals surface area contributed by atoms with Gasteiger partial charge in [-0.15, -0.1) is 0 Å². The molecule has 2 nitrogen and oxygen atoms in total. The molecule has 0 spiro atoms. The van der Waals surface area contributed by atoms with E-state index in [2.05, 4.69) is 201 Å². The lowest BCUT2D eigenvalue weighted by Gasteiger charge is -2.14. The fraction of sp³-hybridized carbons (Fsp3) is 0.0417. The Balaban J connectivity index is 1.19. The Labute approximate surface area is 305 Å². The molecule has 2 heterocycles. The second-order valence-corrected chi connectivity index (χ2v) is 14.3. The summed E-state index contributed by atoms with van der Waals surface area (Å²) in [6.45, 7) is 0. The van der Waals surface area contributed by atoms with Crippen LogP contribution in [0.25, 0.3) is 83.5 Å². The van der Waals surface area contributed by atoms with E-state index in [1.807, 2.05) is 0 Å². The van der Waals surface area contributed by atoms with E-state index in [9.17, 15) is 0 Å². The smallest absolute Gasteiger partial charge is 0.0543 e. The highest BCUT2D eigenvalue weighted by Gasteiger charge is 2.20. The van der Waals surface area contributed by atoms with Crippen molar-refractivity contribution >= 4 is 54.7 Å². The van der Waals surface area contributed by atoms with Gasteiger partial charge in [0.05, 0.1) is 16.6 Å². The third-order valence-electron chi connectivity index (χ3n) is 10.4. The summed E-state index contributed by atoms with van der Waals surface area (Å²) in [6, 6.07) is 60.0. The largest absolute Gasteiger partial charge is 0.310 e. The topological polar surface area (TPSA) is 9.86 Å². The van der Waals surface area contributed by atoms with Crippen LogP contribution in [0.1, 0.15) is 17.7 Å². The Kier molecular flexibility index (Phi) is 7.14. The summed E-state index contributed by atoms with van der Waals surface area (Å²) in [5.41, 5.74) is 16.0. The average Bonchev–Trinajstić information content (AvgIpc) is 3.71. The molecule has 242 valence electrons. The van der Waals surface area contributed by atoms with E-state index in [0.717, 1.165) is 17.3 Å². The minimum atomic E-state index is 1.06. The number of para-hydroxylation sites is 3. The van der Waals surface area contributed by atoms with Crippen molar-refractivity contribution in [2.24, 2.45) is 0 Å². The number of aromatic nitrogens is 2. The number of hydrogen-bond acceptors (Lipinski definition) is 0. The summed E-state index contributed by atoms with van der Waals surface area (Å²) in [4.78, 5) is 0. The van der Waals surface area contributed by atoms with Gasteiger partial charge < -0.3 is 9.13 Å². The van der Waals surface area contributed by atoms with E-state index < -0.39 is 0 Å². The quantitative estimate of drug-likeness (QED) is 0.168. The number of nitrogens with zero attached hydrogens (tertiary/aromatic N) is 2. The molecule has 7 aromatic carbocycles. The van der Waals surface area contributed by atoms with Crippen LogP contribution in [0.15, 0.2) is 174 Å². The van der Waals surface area contributed by atoms with Crippen LogP contribution in [0.5, 0.6) is 0 Å². The molecule has 2 aromatic heterocycles. The zero-order valence-corrected chi connectivity index (χ0v) is 29.5. The Morgan fingerprint density at radius 3 is 1.75 bits per heavy atom. The highest BCUT2D eigenvalue weighted by Crippen LogP contribution is 2.40. The fourth-order valence-corrected chi connectivity index (χ4v) is 8.31. The number of halogens is 1. The van der Waals surface area contributed by atoms with Crippen molar-refractivity contribution in [3.8, 4) is 44.8 Å². The zero-order chi connectivity index (χ0) is 33.9. The average molecular weight is 718 g/mol. The first-order valence-corrected chi connectivity index (χ1v) is 18.4. The maximum Gasteiger partial charge on any atom is 0.0543 e. The summed E-state index contributed by atoms with van der Waals surface area (Å²) in [7, 11) is 0. The van der Waals surface area contributed by atoms with Crippen molar-refractivity contribution in [1.82, 2.24) is 9.13 Å². The lowest BCUT2D eigenvalue weighted by molar-refractivity contribution is 0.967. The van der Waals surface area contributed by atoms with Crippen LogP contribution in [0.2, 0.25) is 0 Å². The van der Waals surface area contributed by atoms with Gasteiger partial charge in [0.25, 0.3) is 0 Å². The molecule has 0 atom stereocenters. The minimum absolute atomic E-state index is 1.06. The number of benzene rings is 7. The van der Waals surface area contributed by atoms with Crippen LogP contribution < -0.4 is 0 Å². The number of aryl methyl sites for hydroxylation is 1. The molecule has 0 radical (unpaired) electrons. The van der Waals surface area contributed by atoms with E-state index in [0.29, 0.717) is 0 Å². The van der Waals surface area contributed by atoms with Crippen LogP contribution in [-0.2, 0) is 6.42 Å². The van der Waals surface area contributed by atoms with E-state index in [1.54, 1.807) is 0 Å². The Bertz CT molecular complexity index is 2780. The first kappa shape index (κ1) is 30.0. The molecule has 0 unspecified atom stereocenters. The molecule has 0 aliphatic heterocycles. The van der Waals surface area contributed by atoms with Crippen LogP contribution >= 0.6 is 15.9 Å². The number of fused-ring (bicyclic) bond motifs is 6. The molecule has 1 aliphatic carbocycles. The highest BCUT2D eigenvalue weighted by molar-refractivity contribution is 9.10. The summed E-state index contributed by atoms with van der Waals surface area (Å²) in [5, 5.41) is 3.85. The van der Waals surface area contributed by atoms with Crippen LogP contribution in [-0.4, -0.2) is 9.13 Å². The second-order valence-electron chi connectivity index (χ2n) is 13.4. The Morgan fingerprint density at radius 1 is 0.412 bits per heavy atom. The van der Waals surface area contributed by atoms with E-state index >= 15 is 0 Å². The zero-order valence-electron chi connectivity index (χ0n) is 27.9. The van der Waals surface area contributed by atoms with Crippen molar-refractivity contribution in [2.75, 3.05) is 0 Å². The third kappa shape index (κ3) is 5.08. The van der Waals surface area contributed by atoms with Gasteiger partial charge in [0.15, 0.2) is 0 Å². The molecule has 51 heavy (non-hydrogen) atoms. The molecular formula is C48H33BrN2. The van der Waals surface area contributed by atoms with E-state index in [1.165, 1.54) is 88.7 Å². The first-order chi connectivity index (χ1) is 25.2. The van der Waals surface area contributed by atoms with Gasteiger partial charge in [-0.3, -0.25) is 0 Å². The molecular weight excluding hydrogens is 684 g/mol. The Hall–Kier alpha value is -5.90. The molecule has 0 bridgehead atoms. The lowest BCUT2D eigenvalue weighted by atomic mass is 9.92. The van der Waals surface area contributed by atoms with Crippen molar-refractivity contribution in [3.63, 3.8) is 0 Å². The van der Waals surface area contributed by atoms with E-state index in [4.69, 9.17) is 0 Å². The van der Waals surface area contributed by atoms with Gasteiger partial charge in [-0.2, -0.15) is 0 Å². The second kappa shape index (κ2) is 12.2. The third-order valence-corrected chi connectivity index (χ3v) is 11.0. The normalized spacial score (nSPS) is 12.6. The molecule has 3 heteroatoms. The lowest BCUT2D eigenvalue weighted by Crippen LogP contribution is -1.99. The highest BCUT2D eigenvalue weighted by atomic mass is 79.9. The Morgan fingerprint density at radius 2 is 1.00 bits per heavy atom. The first-order valence-electron chi connectivity index (χ1n) is 17.6. The van der Waals surface area contributed by atoms with Crippen molar-refractivity contribution in [2.45, 2.75) is 12.8 Å². The standard InChI is InChI=1S/C48H33BrN2/c49-38-23-19-32(20-24-38)35-27-36(33-22-26-47-44(30-33)42-16-8-10-18-46(42)50(47)39-11-3-1-4-12-39)29-37(28-35)34-21-25-43-41-15-7-9-17-45(41)51(48(43)31-34)40-13-5-2-6-14-40/h1-6,8-14,16-31H,7,15H2.